The number of hydrogen-bond donors (Lipinski definition) is 1. The van der Waals surface area contributed by atoms with Crippen LogP contribution in [0.5, 0.6) is 5.75 Å². The number of hydrogen-bond acceptors (Lipinski definition) is 6. The van der Waals surface area contributed by atoms with Gasteiger partial charge >= 0.3 is 0 Å². The molecule has 1 atom stereocenters. The molecule has 1 aliphatic rings. The van der Waals surface area contributed by atoms with Crippen molar-refractivity contribution in [1.29, 1.82) is 0 Å². The zero-order chi connectivity index (χ0) is 17.6. The largest absolute Gasteiger partial charge is 0.507 e. The van der Waals surface area contributed by atoms with Crippen molar-refractivity contribution in [3.63, 3.8) is 0 Å². The van der Waals surface area contributed by atoms with E-state index in [2.05, 4.69) is 15.0 Å². The SMILES string of the molecule is CC1/C(=C/c2cnc(-c3ncccn3)s2)C(=O)c2c(O)ccc(Cl)c21. The van der Waals surface area contributed by atoms with Crippen LogP contribution in [0.25, 0.3) is 16.9 Å². The summed E-state index contributed by atoms with van der Waals surface area (Å²) in [6.45, 7) is 1.91. The number of carbonyl (C=O) groups excluding carboxylic acids is 1. The fraction of sp³-hybridized carbons (Fsp3) is 0.111. The molecule has 1 N–H and O–H groups in total. The highest BCUT2D eigenvalue weighted by Gasteiger charge is 2.36. The van der Waals surface area contributed by atoms with Crippen LogP contribution in [-0.2, 0) is 0 Å². The molecule has 0 fully saturated rings. The summed E-state index contributed by atoms with van der Waals surface area (Å²) >= 11 is 7.64. The Hall–Kier alpha value is -2.57. The number of benzene rings is 1. The van der Waals surface area contributed by atoms with Crippen molar-refractivity contribution in [3.05, 3.63) is 63.4 Å². The van der Waals surface area contributed by atoms with E-state index in [1.54, 1.807) is 36.8 Å². The number of thiazole rings is 1. The van der Waals surface area contributed by atoms with Gasteiger partial charge in [-0.2, -0.15) is 0 Å². The Bertz CT molecular complexity index is 1010. The van der Waals surface area contributed by atoms with E-state index in [0.29, 0.717) is 32.6 Å². The Labute approximate surface area is 152 Å². The third kappa shape index (κ3) is 2.63. The molecule has 0 radical (unpaired) electrons. The summed E-state index contributed by atoms with van der Waals surface area (Å²) in [5, 5.41) is 11.2. The van der Waals surface area contributed by atoms with Crippen molar-refractivity contribution < 1.29 is 9.90 Å². The molecule has 0 amide bonds. The number of aromatic hydroxyl groups is 1. The summed E-state index contributed by atoms with van der Waals surface area (Å²) < 4.78 is 0. The van der Waals surface area contributed by atoms with Gasteiger partial charge in [-0.25, -0.2) is 15.0 Å². The Morgan fingerprint density at radius 3 is 2.72 bits per heavy atom. The molecule has 2 aromatic heterocycles. The van der Waals surface area contributed by atoms with E-state index >= 15 is 0 Å². The first-order valence-electron chi connectivity index (χ1n) is 7.57. The third-order valence-corrected chi connectivity index (χ3v) is 5.41. The summed E-state index contributed by atoms with van der Waals surface area (Å²) in [6, 6.07) is 4.80. The maximum Gasteiger partial charge on any atom is 0.193 e. The molecule has 1 unspecified atom stereocenters. The van der Waals surface area contributed by atoms with E-state index in [4.69, 9.17) is 11.6 Å². The van der Waals surface area contributed by atoms with Crippen LogP contribution in [0, 0.1) is 0 Å². The van der Waals surface area contributed by atoms with Crippen molar-refractivity contribution in [2.24, 2.45) is 0 Å². The topological polar surface area (TPSA) is 76.0 Å². The second-order valence-electron chi connectivity index (χ2n) is 5.65. The predicted octanol–water partition coefficient (Wildman–Crippen LogP) is 4.34. The number of phenolic OH excluding ortho intramolecular Hbond substituents is 1. The van der Waals surface area contributed by atoms with E-state index in [0.717, 1.165) is 4.88 Å². The minimum Gasteiger partial charge on any atom is -0.507 e. The molecule has 7 heteroatoms. The molecule has 2 heterocycles. The first kappa shape index (κ1) is 15.9. The van der Waals surface area contributed by atoms with Crippen LogP contribution in [0.15, 0.2) is 42.4 Å². The molecule has 0 aliphatic heterocycles. The van der Waals surface area contributed by atoms with Gasteiger partial charge in [0.2, 0.25) is 0 Å². The molecular formula is C18H12ClN3O2S. The summed E-state index contributed by atoms with van der Waals surface area (Å²) in [6.07, 6.45) is 6.80. The molecule has 1 aliphatic carbocycles. The summed E-state index contributed by atoms with van der Waals surface area (Å²) in [4.78, 5) is 26.2. The Morgan fingerprint density at radius 2 is 2.00 bits per heavy atom. The van der Waals surface area contributed by atoms with Crippen molar-refractivity contribution >= 4 is 34.8 Å². The number of ketones is 1. The quantitative estimate of drug-likeness (QED) is 0.680. The van der Waals surface area contributed by atoms with Crippen molar-refractivity contribution in [2.45, 2.75) is 12.8 Å². The Balaban J connectivity index is 1.74. The van der Waals surface area contributed by atoms with E-state index < -0.39 is 0 Å². The molecule has 0 bridgehead atoms. The van der Waals surface area contributed by atoms with Gasteiger partial charge in [-0.15, -0.1) is 11.3 Å². The van der Waals surface area contributed by atoms with Gasteiger partial charge in [-0.05, 0) is 29.8 Å². The van der Waals surface area contributed by atoms with E-state index in [1.165, 1.54) is 17.4 Å². The number of fused-ring (bicyclic) bond motifs is 1. The molecule has 0 saturated carbocycles. The van der Waals surface area contributed by atoms with Gasteiger partial charge in [0.15, 0.2) is 16.6 Å². The first-order chi connectivity index (χ1) is 12.1. The molecule has 3 aromatic rings. The molecule has 25 heavy (non-hydrogen) atoms. The molecule has 0 saturated heterocycles. The van der Waals surface area contributed by atoms with E-state index in [-0.39, 0.29) is 17.5 Å². The lowest BCUT2D eigenvalue weighted by atomic mass is 9.99. The van der Waals surface area contributed by atoms with Crippen LogP contribution in [0.4, 0.5) is 0 Å². The van der Waals surface area contributed by atoms with Crippen molar-refractivity contribution in [1.82, 2.24) is 15.0 Å². The highest BCUT2D eigenvalue weighted by molar-refractivity contribution is 7.15. The van der Waals surface area contributed by atoms with E-state index in [9.17, 15) is 9.90 Å². The minimum absolute atomic E-state index is 0.0395. The predicted molar refractivity (Wildman–Crippen MR) is 97.0 cm³/mol. The van der Waals surface area contributed by atoms with Crippen LogP contribution >= 0.6 is 22.9 Å². The summed E-state index contributed by atoms with van der Waals surface area (Å²) in [5.41, 5.74) is 1.55. The van der Waals surface area contributed by atoms with Gasteiger partial charge in [0.1, 0.15) is 5.75 Å². The second kappa shape index (κ2) is 6.06. The monoisotopic (exact) mass is 369 g/mol. The van der Waals surface area contributed by atoms with Crippen LogP contribution < -0.4 is 0 Å². The third-order valence-electron chi connectivity index (χ3n) is 4.14. The zero-order valence-corrected chi connectivity index (χ0v) is 14.7. The highest BCUT2D eigenvalue weighted by atomic mass is 35.5. The van der Waals surface area contributed by atoms with Crippen molar-refractivity contribution in [3.8, 4) is 16.6 Å². The average molecular weight is 370 g/mol. The number of halogens is 1. The maximum absolute atomic E-state index is 12.7. The number of Topliss-reactive ketones (excluding diaryl/α,β-unsaturated/α-hetero) is 1. The van der Waals surface area contributed by atoms with Crippen molar-refractivity contribution in [2.75, 3.05) is 0 Å². The zero-order valence-electron chi connectivity index (χ0n) is 13.1. The average Bonchev–Trinajstić information content (AvgIpc) is 3.18. The van der Waals surface area contributed by atoms with Gasteiger partial charge in [0.25, 0.3) is 0 Å². The van der Waals surface area contributed by atoms with Crippen LogP contribution in [-0.4, -0.2) is 25.8 Å². The normalized spacial score (nSPS) is 17.9. The number of aromatic nitrogens is 3. The first-order valence-corrected chi connectivity index (χ1v) is 8.76. The second-order valence-corrected chi connectivity index (χ2v) is 7.12. The molecule has 124 valence electrons. The fourth-order valence-corrected chi connectivity index (χ4v) is 4.09. The Morgan fingerprint density at radius 1 is 1.24 bits per heavy atom. The summed E-state index contributed by atoms with van der Waals surface area (Å²) in [7, 11) is 0. The number of phenols is 1. The molecule has 0 spiro atoms. The number of rotatable bonds is 2. The molecule has 5 nitrogen and oxygen atoms in total. The van der Waals surface area contributed by atoms with Gasteiger partial charge in [-0.1, -0.05) is 18.5 Å². The van der Waals surface area contributed by atoms with Gasteiger partial charge in [0.05, 0.1) is 5.56 Å². The lowest BCUT2D eigenvalue weighted by Crippen LogP contribution is -1.97. The van der Waals surface area contributed by atoms with Gasteiger partial charge in [-0.3, -0.25) is 4.79 Å². The smallest absolute Gasteiger partial charge is 0.193 e. The fourth-order valence-electron chi connectivity index (χ4n) is 2.95. The van der Waals surface area contributed by atoms with Crippen LogP contribution in [0.3, 0.4) is 0 Å². The molecule has 1 aromatic carbocycles. The maximum atomic E-state index is 12.7. The van der Waals surface area contributed by atoms with Gasteiger partial charge < -0.3 is 5.11 Å². The van der Waals surface area contributed by atoms with Gasteiger partial charge in [0, 0.05) is 40.0 Å². The lowest BCUT2D eigenvalue weighted by molar-refractivity contribution is 0.103. The number of carbonyl (C=O) groups is 1. The van der Waals surface area contributed by atoms with E-state index in [1.807, 2.05) is 6.92 Å². The molecule has 4 rings (SSSR count). The lowest BCUT2D eigenvalue weighted by Gasteiger charge is -2.07. The molecular weight excluding hydrogens is 358 g/mol. The van der Waals surface area contributed by atoms with Crippen LogP contribution in [0.2, 0.25) is 5.02 Å². The number of allylic oxidation sites excluding steroid dienone is 1. The number of nitrogens with zero attached hydrogens (tertiary/aromatic N) is 3. The highest BCUT2D eigenvalue weighted by Crippen LogP contribution is 2.45. The summed E-state index contributed by atoms with van der Waals surface area (Å²) in [5.74, 6) is 0.114. The van der Waals surface area contributed by atoms with Crippen LogP contribution in [0.1, 0.15) is 33.6 Å². The Kier molecular flexibility index (Phi) is 3.86. The standard InChI is InChI=1S/C18H12ClN3O2S/c1-9-11(16(24)15-13(23)4-3-12(19)14(9)15)7-10-8-22-18(25-10)17-20-5-2-6-21-17/h2-9,23H,1H3/b11-7-. The minimum atomic E-state index is -0.201.